The summed E-state index contributed by atoms with van der Waals surface area (Å²) in [5.74, 6) is 0.452. The fraction of sp³-hybridized carbons (Fsp3) is 0.700. The molecule has 0 saturated carbocycles. The van der Waals surface area contributed by atoms with E-state index in [9.17, 15) is 0 Å². The molecular formula is C10H19ClN4. The summed E-state index contributed by atoms with van der Waals surface area (Å²) in [4.78, 5) is 2.28. The third kappa shape index (κ3) is 2.17. The van der Waals surface area contributed by atoms with Crippen molar-refractivity contribution in [3.05, 3.63) is 17.5 Å². The SMILES string of the molecule is Cc1c([C@@H]2CN(C)C[C@H]2N)cnn1C.Cl. The normalized spacial score (nSPS) is 26.7. The van der Waals surface area contributed by atoms with Gasteiger partial charge in [0.05, 0.1) is 6.20 Å². The molecule has 1 aliphatic rings. The lowest BCUT2D eigenvalue weighted by atomic mass is 9.96. The van der Waals surface area contributed by atoms with Crippen LogP contribution in [0, 0.1) is 6.92 Å². The van der Waals surface area contributed by atoms with Crippen molar-refractivity contribution in [2.24, 2.45) is 12.8 Å². The molecular weight excluding hydrogens is 212 g/mol. The first-order valence-electron chi connectivity index (χ1n) is 5.02. The van der Waals surface area contributed by atoms with Crippen molar-refractivity contribution >= 4 is 12.4 Å². The Balaban J connectivity index is 0.00000112. The summed E-state index contributed by atoms with van der Waals surface area (Å²) in [6.45, 7) is 4.14. The fourth-order valence-corrected chi connectivity index (χ4v) is 2.24. The van der Waals surface area contributed by atoms with Crippen LogP contribution in [0.1, 0.15) is 17.2 Å². The first-order valence-corrected chi connectivity index (χ1v) is 5.02. The second kappa shape index (κ2) is 4.51. The molecule has 1 aliphatic heterocycles. The van der Waals surface area contributed by atoms with E-state index < -0.39 is 0 Å². The van der Waals surface area contributed by atoms with Gasteiger partial charge in [-0.1, -0.05) is 0 Å². The first kappa shape index (κ1) is 12.5. The van der Waals surface area contributed by atoms with Gasteiger partial charge in [-0.05, 0) is 19.5 Å². The van der Waals surface area contributed by atoms with E-state index in [2.05, 4.69) is 24.0 Å². The van der Waals surface area contributed by atoms with Crippen molar-refractivity contribution in [2.45, 2.75) is 18.9 Å². The highest BCUT2D eigenvalue weighted by atomic mass is 35.5. The number of aryl methyl sites for hydroxylation is 1. The number of aromatic nitrogens is 2. The minimum Gasteiger partial charge on any atom is -0.326 e. The number of likely N-dealkylation sites (tertiary alicyclic amines) is 1. The summed E-state index contributed by atoms with van der Waals surface area (Å²) in [6.07, 6.45) is 1.96. The van der Waals surface area contributed by atoms with Gasteiger partial charge in [0.15, 0.2) is 0 Å². The summed E-state index contributed by atoms with van der Waals surface area (Å²) in [5.41, 5.74) is 8.65. The number of rotatable bonds is 1. The van der Waals surface area contributed by atoms with Gasteiger partial charge in [-0.25, -0.2) is 0 Å². The first-order chi connectivity index (χ1) is 6.59. The molecule has 0 unspecified atom stereocenters. The molecule has 1 saturated heterocycles. The molecule has 5 heteroatoms. The van der Waals surface area contributed by atoms with E-state index in [0.717, 1.165) is 13.1 Å². The second-order valence-corrected chi connectivity index (χ2v) is 4.30. The van der Waals surface area contributed by atoms with E-state index in [0.29, 0.717) is 5.92 Å². The van der Waals surface area contributed by atoms with Gasteiger partial charge in [0, 0.05) is 37.8 Å². The average Bonchev–Trinajstić information content (AvgIpc) is 2.59. The third-order valence-electron chi connectivity index (χ3n) is 3.22. The van der Waals surface area contributed by atoms with Gasteiger partial charge in [0.2, 0.25) is 0 Å². The maximum absolute atomic E-state index is 6.10. The van der Waals surface area contributed by atoms with Crippen molar-refractivity contribution in [2.75, 3.05) is 20.1 Å². The molecule has 4 nitrogen and oxygen atoms in total. The Kier molecular flexibility index (Phi) is 3.76. The predicted molar refractivity (Wildman–Crippen MR) is 63.4 cm³/mol. The average molecular weight is 231 g/mol. The lowest BCUT2D eigenvalue weighted by Gasteiger charge is -2.13. The zero-order valence-electron chi connectivity index (χ0n) is 9.47. The summed E-state index contributed by atoms with van der Waals surface area (Å²) < 4.78 is 1.92. The Hall–Kier alpha value is -0.580. The molecule has 2 atom stereocenters. The molecule has 1 aromatic rings. The third-order valence-corrected chi connectivity index (χ3v) is 3.22. The molecule has 15 heavy (non-hydrogen) atoms. The smallest absolute Gasteiger partial charge is 0.0528 e. The van der Waals surface area contributed by atoms with Crippen LogP contribution in [0.2, 0.25) is 0 Å². The Bertz CT molecular complexity index is 336. The van der Waals surface area contributed by atoms with Crippen LogP contribution in [0.15, 0.2) is 6.20 Å². The zero-order chi connectivity index (χ0) is 10.3. The Morgan fingerprint density at radius 3 is 2.47 bits per heavy atom. The van der Waals surface area contributed by atoms with Crippen LogP contribution < -0.4 is 5.73 Å². The summed E-state index contributed by atoms with van der Waals surface area (Å²) in [5, 5.41) is 4.26. The molecule has 0 radical (unpaired) electrons. The maximum Gasteiger partial charge on any atom is 0.0528 e. The molecule has 0 amide bonds. The Labute approximate surface area is 96.8 Å². The van der Waals surface area contributed by atoms with Crippen LogP contribution in [0.4, 0.5) is 0 Å². The molecule has 86 valence electrons. The van der Waals surface area contributed by atoms with Crippen molar-refractivity contribution in [3.63, 3.8) is 0 Å². The highest BCUT2D eigenvalue weighted by Gasteiger charge is 2.31. The molecule has 1 fully saturated rings. The van der Waals surface area contributed by atoms with E-state index in [1.807, 2.05) is 17.9 Å². The summed E-state index contributed by atoms with van der Waals surface area (Å²) in [6, 6.07) is 0.253. The molecule has 2 heterocycles. The van der Waals surface area contributed by atoms with Crippen LogP contribution in [0.25, 0.3) is 0 Å². The summed E-state index contributed by atoms with van der Waals surface area (Å²) in [7, 11) is 4.09. The van der Waals surface area contributed by atoms with Gasteiger partial charge < -0.3 is 10.6 Å². The molecule has 1 aromatic heterocycles. The molecule has 2 N–H and O–H groups in total. The van der Waals surface area contributed by atoms with E-state index in [1.54, 1.807) is 0 Å². The monoisotopic (exact) mass is 230 g/mol. The Morgan fingerprint density at radius 1 is 1.40 bits per heavy atom. The Morgan fingerprint density at radius 2 is 2.07 bits per heavy atom. The number of likely N-dealkylation sites (N-methyl/N-ethyl adjacent to an activating group) is 1. The lowest BCUT2D eigenvalue weighted by Crippen LogP contribution is -2.28. The number of nitrogens with zero attached hydrogens (tertiary/aromatic N) is 3. The maximum atomic E-state index is 6.10. The van der Waals surface area contributed by atoms with Gasteiger partial charge >= 0.3 is 0 Å². The van der Waals surface area contributed by atoms with Crippen molar-refractivity contribution in [1.82, 2.24) is 14.7 Å². The highest BCUT2D eigenvalue weighted by Crippen LogP contribution is 2.27. The van der Waals surface area contributed by atoms with Crippen LogP contribution in [-0.4, -0.2) is 40.9 Å². The topological polar surface area (TPSA) is 47.1 Å². The van der Waals surface area contributed by atoms with Crippen molar-refractivity contribution in [3.8, 4) is 0 Å². The van der Waals surface area contributed by atoms with E-state index >= 15 is 0 Å². The highest BCUT2D eigenvalue weighted by molar-refractivity contribution is 5.85. The van der Waals surface area contributed by atoms with Gasteiger partial charge in [0.25, 0.3) is 0 Å². The van der Waals surface area contributed by atoms with Crippen LogP contribution in [-0.2, 0) is 7.05 Å². The van der Waals surface area contributed by atoms with Crippen LogP contribution in [0.5, 0.6) is 0 Å². The predicted octanol–water partition coefficient (Wildman–Crippen LogP) is 0.507. The number of hydrogen-bond donors (Lipinski definition) is 1. The van der Waals surface area contributed by atoms with Gasteiger partial charge in [-0.2, -0.15) is 5.10 Å². The number of hydrogen-bond acceptors (Lipinski definition) is 3. The number of halogens is 1. The van der Waals surface area contributed by atoms with Gasteiger partial charge in [-0.3, -0.25) is 4.68 Å². The fourth-order valence-electron chi connectivity index (χ4n) is 2.24. The van der Waals surface area contributed by atoms with E-state index in [1.165, 1.54) is 11.3 Å². The zero-order valence-corrected chi connectivity index (χ0v) is 10.3. The second-order valence-electron chi connectivity index (χ2n) is 4.30. The van der Waals surface area contributed by atoms with Crippen molar-refractivity contribution < 1.29 is 0 Å². The van der Waals surface area contributed by atoms with E-state index in [-0.39, 0.29) is 18.4 Å². The molecule has 0 aliphatic carbocycles. The molecule has 0 bridgehead atoms. The largest absolute Gasteiger partial charge is 0.326 e. The van der Waals surface area contributed by atoms with Crippen LogP contribution >= 0.6 is 12.4 Å². The lowest BCUT2D eigenvalue weighted by molar-refractivity contribution is 0.407. The standard InChI is InChI=1S/C10H18N4.ClH/c1-7-8(4-12-14(7)3)9-5-13(2)6-10(9)11;/h4,9-10H,5-6,11H2,1-3H3;1H/t9-,10+;/m0./s1. The van der Waals surface area contributed by atoms with Crippen molar-refractivity contribution in [1.29, 1.82) is 0 Å². The minimum atomic E-state index is 0. The molecule has 0 spiro atoms. The number of nitrogens with two attached hydrogens (primary N) is 1. The molecule has 2 rings (SSSR count). The van der Waals surface area contributed by atoms with Crippen LogP contribution in [0.3, 0.4) is 0 Å². The quantitative estimate of drug-likeness (QED) is 0.765. The molecule has 0 aromatic carbocycles. The van der Waals surface area contributed by atoms with E-state index in [4.69, 9.17) is 5.73 Å². The van der Waals surface area contributed by atoms with Gasteiger partial charge in [-0.15, -0.1) is 12.4 Å². The summed E-state index contributed by atoms with van der Waals surface area (Å²) >= 11 is 0. The van der Waals surface area contributed by atoms with Gasteiger partial charge in [0.1, 0.15) is 0 Å². The minimum absolute atomic E-state index is 0.